The average Bonchev–Trinajstić information content (AvgIpc) is 2.31. The SMILES string of the molecule is COC(C(=O)CCCC(C)C)c1ccccc1. The Morgan fingerprint density at radius 3 is 2.41 bits per heavy atom. The van der Waals surface area contributed by atoms with Crippen LogP contribution in [0.2, 0.25) is 0 Å². The van der Waals surface area contributed by atoms with Crippen LogP contribution in [-0.2, 0) is 9.53 Å². The van der Waals surface area contributed by atoms with Gasteiger partial charge in [-0.15, -0.1) is 0 Å². The lowest BCUT2D eigenvalue weighted by Gasteiger charge is -2.14. The zero-order valence-electron chi connectivity index (χ0n) is 11.0. The Hall–Kier alpha value is -1.15. The maximum atomic E-state index is 12.0. The number of ether oxygens (including phenoxy) is 1. The van der Waals surface area contributed by atoms with Crippen LogP contribution in [0.1, 0.15) is 44.8 Å². The molecule has 0 spiro atoms. The average molecular weight is 234 g/mol. The predicted molar refractivity (Wildman–Crippen MR) is 69.9 cm³/mol. The fourth-order valence-corrected chi connectivity index (χ4v) is 1.90. The van der Waals surface area contributed by atoms with Gasteiger partial charge in [0.25, 0.3) is 0 Å². The van der Waals surface area contributed by atoms with Gasteiger partial charge >= 0.3 is 0 Å². The van der Waals surface area contributed by atoms with Crippen LogP contribution in [0.15, 0.2) is 30.3 Å². The van der Waals surface area contributed by atoms with Crippen molar-refractivity contribution >= 4 is 5.78 Å². The molecule has 1 atom stereocenters. The van der Waals surface area contributed by atoms with Gasteiger partial charge in [-0.05, 0) is 17.9 Å². The second-order valence-electron chi connectivity index (χ2n) is 4.78. The van der Waals surface area contributed by atoms with Crippen LogP contribution >= 0.6 is 0 Å². The van der Waals surface area contributed by atoms with Gasteiger partial charge in [-0.2, -0.15) is 0 Å². The van der Waals surface area contributed by atoms with E-state index in [2.05, 4.69) is 13.8 Å². The zero-order valence-corrected chi connectivity index (χ0v) is 11.0. The number of hydrogen-bond donors (Lipinski definition) is 0. The molecule has 0 aromatic heterocycles. The first-order valence-corrected chi connectivity index (χ1v) is 6.25. The van der Waals surface area contributed by atoms with Gasteiger partial charge < -0.3 is 4.74 Å². The van der Waals surface area contributed by atoms with Crippen molar-refractivity contribution in [1.29, 1.82) is 0 Å². The van der Waals surface area contributed by atoms with E-state index in [9.17, 15) is 4.79 Å². The number of Topliss-reactive ketones (excluding diaryl/α,β-unsaturated/α-hetero) is 1. The maximum Gasteiger partial charge on any atom is 0.166 e. The number of carbonyl (C=O) groups excluding carboxylic acids is 1. The molecule has 2 nitrogen and oxygen atoms in total. The highest BCUT2D eigenvalue weighted by Crippen LogP contribution is 2.20. The smallest absolute Gasteiger partial charge is 0.166 e. The van der Waals surface area contributed by atoms with Crippen LogP contribution in [0.5, 0.6) is 0 Å². The van der Waals surface area contributed by atoms with E-state index in [4.69, 9.17) is 4.74 Å². The molecule has 0 radical (unpaired) electrons. The largest absolute Gasteiger partial charge is 0.369 e. The van der Waals surface area contributed by atoms with Crippen molar-refractivity contribution in [2.75, 3.05) is 7.11 Å². The molecule has 0 saturated heterocycles. The van der Waals surface area contributed by atoms with Gasteiger partial charge in [0, 0.05) is 13.5 Å². The lowest BCUT2D eigenvalue weighted by molar-refractivity contribution is -0.129. The summed E-state index contributed by atoms with van der Waals surface area (Å²) in [4.78, 5) is 12.0. The third-order valence-corrected chi connectivity index (χ3v) is 2.84. The van der Waals surface area contributed by atoms with Gasteiger partial charge in [0.1, 0.15) is 6.10 Å². The molecule has 2 heteroatoms. The minimum atomic E-state index is -0.400. The minimum absolute atomic E-state index is 0.180. The lowest BCUT2D eigenvalue weighted by Crippen LogP contribution is -2.14. The van der Waals surface area contributed by atoms with Crippen molar-refractivity contribution in [2.24, 2.45) is 5.92 Å². The first-order valence-electron chi connectivity index (χ1n) is 6.25. The van der Waals surface area contributed by atoms with Crippen LogP contribution in [0, 0.1) is 5.92 Å². The molecule has 0 N–H and O–H groups in total. The molecule has 0 saturated carbocycles. The van der Waals surface area contributed by atoms with Crippen LogP contribution < -0.4 is 0 Å². The number of methoxy groups -OCH3 is 1. The monoisotopic (exact) mass is 234 g/mol. The summed E-state index contributed by atoms with van der Waals surface area (Å²) in [5, 5.41) is 0. The van der Waals surface area contributed by atoms with E-state index in [1.165, 1.54) is 0 Å². The molecule has 1 aromatic rings. The maximum absolute atomic E-state index is 12.0. The predicted octanol–water partition coefficient (Wildman–Crippen LogP) is 3.77. The fraction of sp³-hybridized carbons (Fsp3) is 0.533. The standard InChI is InChI=1S/C15H22O2/c1-12(2)8-7-11-14(16)15(17-3)13-9-5-4-6-10-13/h4-6,9-10,12,15H,7-8,11H2,1-3H3. The topological polar surface area (TPSA) is 26.3 Å². The van der Waals surface area contributed by atoms with Gasteiger partial charge in [-0.3, -0.25) is 4.79 Å². The second kappa shape index (κ2) is 7.23. The number of ketones is 1. The molecule has 17 heavy (non-hydrogen) atoms. The summed E-state index contributed by atoms with van der Waals surface area (Å²) >= 11 is 0. The molecule has 0 heterocycles. The molecule has 0 aliphatic rings. The molecule has 0 bridgehead atoms. The highest BCUT2D eigenvalue weighted by atomic mass is 16.5. The molecular weight excluding hydrogens is 212 g/mol. The fourth-order valence-electron chi connectivity index (χ4n) is 1.90. The van der Waals surface area contributed by atoms with E-state index in [0.717, 1.165) is 18.4 Å². The van der Waals surface area contributed by atoms with E-state index in [1.807, 2.05) is 30.3 Å². The van der Waals surface area contributed by atoms with Crippen molar-refractivity contribution in [1.82, 2.24) is 0 Å². The summed E-state index contributed by atoms with van der Waals surface area (Å²) < 4.78 is 5.31. The third kappa shape index (κ3) is 4.70. The Kier molecular flexibility index (Phi) is 5.92. The number of carbonyl (C=O) groups is 1. The van der Waals surface area contributed by atoms with Crippen LogP contribution in [0.3, 0.4) is 0 Å². The molecule has 94 valence electrons. The van der Waals surface area contributed by atoms with Crippen molar-refractivity contribution in [3.05, 3.63) is 35.9 Å². The van der Waals surface area contributed by atoms with Crippen molar-refractivity contribution < 1.29 is 9.53 Å². The Bertz CT molecular complexity index is 330. The first-order chi connectivity index (χ1) is 8.15. The van der Waals surface area contributed by atoms with Gasteiger partial charge in [0.15, 0.2) is 5.78 Å². The summed E-state index contributed by atoms with van der Waals surface area (Å²) in [6, 6.07) is 9.69. The summed E-state index contributed by atoms with van der Waals surface area (Å²) in [5.74, 6) is 0.833. The summed E-state index contributed by atoms with van der Waals surface area (Å²) in [6.07, 6.45) is 2.24. The third-order valence-electron chi connectivity index (χ3n) is 2.84. The van der Waals surface area contributed by atoms with E-state index < -0.39 is 6.10 Å². The Morgan fingerprint density at radius 2 is 1.88 bits per heavy atom. The molecule has 0 amide bonds. The highest BCUT2D eigenvalue weighted by Gasteiger charge is 2.18. The van der Waals surface area contributed by atoms with Gasteiger partial charge in [-0.1, -0.05) is 50.6 Å². The van der Waals surface area contributed by atoms with Crippen LogP contribution in [-0.4, -0.2) is 12.9 Å². The van der Waals surface area contributed by atoms with Gasteiger partial charge in [0.2, 0.25) is 0 Å². The highest BCUT2D eigenvalue weighted by molar-refractivity contribution is 5.84. The molecule has 0 aliphatic carbocycles. The molecule has 0 aliphatic heterocycles. The first kappa shape index (κ1) is 13.9. The van der Waals surface area contributed by atoms with Gasteiger partial charge in [0.05, 0.1) is 0 Å². The molecule has 1 aromatic carbocycles. The van der Waals surface area contributed by atoms with Crippen molar-refractivity contribution in [2.45, 2.75) is 39.2 Å². The van der Waals surface area contributed by atoms with Crippen LogP contribution in [0.25, 0.3) is 0 Å². The second-order valence-corrected chi connectivity index (χ2v) is 4.78. The molecule has 1 unspecified atom stereocenters. The molecule has 1 rings (SSSR count). The summed E-state index contributed by atoms with van der Waals surface area (Å²) in [5.41, 5.74) is 0.949. The molecular formula is C15H22O2. The van der Waals surface area contributed by atoms with E-state index in [-0.39, 0.29) is 5.78 Å². The normalized spacial score (nSPS) is 12.7. The quantitative estimate of drug-likeness (QED) is 0.718. The summed E-state index contributed by atoms with van der Waals surface area (Å²) in [7, 11) is 1.60. The zero-order chi connectivity index (χ0) is 12.7. The number of benzene rings is 1. The van der Waals surface area contributed by atoms with Crippen LogP contribution in [0.4, 0.5) is 0 Å². The molecule has 0 fully saturated rings. The Balaban J connectivity index is 2.53. The number of rotatable bonds is 7. The summed E-state index contributed by atoms with van der Waals surface area (Å²) in [6.45, 7) is 4.35. The Morgan fingerprint density at radius 1 is 1.24 bits per heavy atom. The van der Waals surface area contributed by atoms with E-state index in [0.29, 0.717) is 12.3 Å². The minimum Gasteiger partial charge on any atom is -0.369 e. The van der Waals surface area contributed by atoms with E-state index >= 15 is 0 Å². The van der Waals surface area contributed by atoms with Gasteiger partial charge in [-0.25, -0.2) is 0 Å². The lowest BCUT2D eigenvalue weighted by atomic mass is 9.99. The van der Waals surface area contributed by atoms with E-state index in [1.54, 1.807) is 7.11 Å². The number of hydrogen-bond acceptors (Lipinski definition) is 2. The Labute approximate surface area is 104 Å². The van der Waals surface area contributed by atoms with Crippen molar-refractivity contribution in [3.8, 4) is 0 Å². The van der Waals surface area contributed by atoms with Crippen molar-refractivity contribution in [3.63, 3.8) is 0 Å².